The minimum Gasteiger partial charge on any atom is -0.207 e. The number of sulfonamides is 1. The Bertz CT molecular complexity index is 525. The molecular formula is C13H21NO2S. The summed E-state index contributed by atoms with van der Waals surface area (Å²) in [6, 6.07) is 3.64. The van der Waals surface area contributed by atoms with Gasteiger partial charge in [0.2, 0.25) is 10.0 Å². The lowest BCUT2D eigenvalue weighted by molar-refractivity contribution is 0.491. The third-order valence-corrected chi connectivity index (χ3v) is 4.42. The maximum absolute atomic E-state index is 12.2. The third-order valence-electron chi connectivity index (χ3n) is 2.52. The summed E-state index contributed by atoms with van der Waals surface area (Å²) >= 11 is 0. The maximum Gasteiger partial charge on any atom is 0.241 e. The van der Waals surface area contributed by atoms with Crippen molar-refractivity contribution in [1.29, 1.82) is 0 Å². The van der Waals surface area contributed by atoms with Crippen LogP contribution in [-0.2, 0) is 10.0 Å². The van der Waals surface area contributed by atoms with Crippen LogP contribution in [-0.4, -0.2) is 14.0 Å². The lowest BCUT2D eigenvalue weighted by Gasteiger charge is -2.21. The summed E-state index contributed by atoms with van der Waals surface area (Å²) in [5.74, 6) is 0. The Morgan fingerprint density at radius 2 is 1.41 bits per heavy atom. The van der Waals surface area contributed by atoms with Crippen molar-refractivity contribution in [3.05, 3.63) is 28.8 Å². The highest BCUT2D eigenvalue weighted by Gasteiger charge is 2.23. The van der Waals surface area contributed by atoms with Crippen LogP contribution in [0.2, 0.25) is 0 Å². The van der Waals surface area contributed by atoms with Crippen LogP contribution in [0.25, 0.3) is 0 Å². The molecule has 0 aliphatic heterocycles. The Morgan fingerprint density at radius 1 is 0.941 bits per heavy atom. The van der Waals surface area contributed by atoms with E-state index in [1.165, 1.54) is 0 Å². The van der Waals surface area contributed by atoms with E-state index in [1.807, 2.05) is 47.6 Å². The van der Waals surface area contributed by atoms with Gasteiger partial charge in [-0.15, -0.1) is 0 Å². The van der Waals surface area contributed by atoms with Crippen molar-refractivity contribution in [2.75, 3.05) is 0 Å². The quantitative estimate of drug-likeness (QED) is 0.883. The van der Waals surface area contributed by atoms with Crippen LogP contribution < -0.4 is 4.72 Å². The van der Waals surface area contributed by atoms with Crippen LogP contribution in [0.15, 0.2) is 17.0 Å². The van der Waals surface area contributed by atoms with Gasteiger partial charge in [0.1, 0.15) is 0 Å². The summed E-state index contributed by atoms with van der Waals surface area (Å²) in [6.45, 7) is 11.2. The van der Waals surface area contributed by atoms with E-state index in [0.717, 1.165) is 16.7 Å². The van der Waals surface area contributed by atoms with E-state index in [9.17, 15) is 8.42 Å². The highest BCUT2D eigenvalue weighted by Crippen LogP contribution is 2.21. The van der Waals surface area contributed by atoms with Crippen molar-refractivity contribution in [3.63, 3.8) is 0 Å². The molecular weight excluding hydrogens is 234 g/mol. The average molecular weight is 255 g/mol. The van der Waals surface area contributed by atoms with E-state index in [-0.39, 0.29) is 0 Å². The molecule has 0 radical (unpaired) electrons. The Hall–Kier alpha value is -0.870. The predicted octanol–water partition coefficient (Wildman–Crippen LogP) is 2.69. The van der Waals surface area contributed by atoms with Crippen molar-refractivity contribution in [1.82, 2.24) is 4.72 Å². The van der Waals surface area contributed by atoms with Gasteiger partial charge in [-0.3, -0.25) is 0 Å². The minimum atomic E-state index is -3.44. The molecule has 0 heterocycles. The normalized spacial score (nSPS) is 12.8. The molecule has 1 rings (SSSR count). The fraction of sp³-hybridized carbons (Fsp3) is 0.538. The molecule has 0 fully saturated rings. The van der Waals surface area contributed by atoms with E-state index in [1.54, 1.807) is 6.07 Å². The summed E-state index contributed by atoms with van der Waals surface area (Å²) in [7, 11) is -3.44. The van der Waals surface area contributed by atoms with E-state index in [2.05, 4.69) is 4.72 Å². The Labute approximate surface area is 104 Å². The number of benzene rings is 1. The molecule has 0 aliphatic carbocycles. The second-order valence-electron chi connectivity index (χ2n) is 5.56. The van der Waals surface area contributed by atoms with E-state index < -0.39 is 15.6 Å². The Balaban J connectivity index is 3.30. The number of nitrogens with one attached hydrogen (secondary N) is 1. The van der Waals surface area contributed by atoms with Gasteiger partial charge in [0, 0.05) is 5.54 Å². The zero-order valence-corrected chi connectivity index (χ0v) is 12.2. The molecule has 4 heteroatoms. The second-order valence-corrected chi connectivity index (χ2v) is 7.21. The van der Waals surface area contributed by atoms with Crippen molar-refractivity contribution in [2.24, 2.45) is 0 Å². The van der Waals surface area contributed by atoms with Gasteiger partial charge in [-0.1, -0.05) is 6.07 Å². The van der Waals surface area contributed by atoms with Gasteiger partial charge in [-0.2, -0.15) is 0 Å². The molecule has 0 bridgehead atoms. The lowest BCUT2D eigenvalue weighted by atomic mass is 10.1. The van der Waals surface area contributed by atoms with Crippen molar-refractivity contribution in [2.45, 2.75) is 52.0 Å². The minimum absolute atomic E-state index is 0.371. The molecule has 17 heavy (non-hydrogen) atoms. The van der Waals surface area contributed by atoms with Crippen molar-refractivity contribution in [3.8, 4) is 0 Å². The second kappa shape index (κ2) is 4.42. The monoisotopic (exact) mass is 255 g/mol. The fourth-order valence-electron chi connectivity index (χ4n) is 1.68. The average Bonchev–Trinajstić information content (AvgIpc) is 2.06. The highest BCUT2D eigenvalue weighted by molar-refractivity contribution is 7.89. The largest absolute Gasteiger partial charge is 0.241 e. The van der Waals surface area contributed by atoms with E-state index >= 15 is 0 Å². The number of rotatable bonds is 2. The van der Waals surface area contributed by atoms with Gasteiger partial charge < -0.3 is 0 Å². The van der Waals surface area contributed by atoms with Gasteiger partial charge in [-0.25, -0.2) is 13.1 Å². The number of hydrogen-bond donors (Lipinski definition) is 1. The SMILES string of the molecule is Cc1cc(C)c(S(=O)(=O)NC(C)(C)C)cc1C. The van der Waals surface area contributed by atoms with Gasteiger partial charge in [0.15, 0.2) is 0 Å². The van der Waals surface area contributed by atoms with E-state index in [4.69, 9.17) is 0 Å². The molecule has 0 saturated carbocycles. The topological polar surface area (TPSA) is 46.2 Å². The summed E-state index contributed by atoms with van der Waals surface area (Å²) in [5.41, 5.74) is 2.41. The van der Waals surface area contributed by atoms with Crippen LogP contribution >= 0.6 is 0 Å². The first-order valence-corrected chi connectivity index (χ1v) is 7.13. The zero-order valence-electron chi connectivity index (χ0n) is 11.4. The van der Waals surface area contributed by atoms with Gasteiger partial charge in [0.25, 0.3) is 0 Å². The molecule has 1 aromatic carbocycles. The summed E-state index contributed by atoms with van der Waals surface area (Å²) in [4.78, 5) is 0.371. The molecule has 0 aliphatic rings. The Kier molecular flexibility index (Phi) is 3.69. The number of aryl methyl sites for hydroxylation is 3. The first-order chi connectivity index (χ1) is 7.53. The molecule has 0 spiro atoms. The van der Waals surface area contributed by atoms with Gasteiger partial charge in [-0.05, 0) is 64.3 Å². The van der Waals surface area contributed by atoms with Gasteiger partial charge >= 0.3 is 0 Å². The molecule has 96 valence electrons. The summed E-state index contributed by atoms with van der Waals surface area (Å²) in [5, 5.41) is 0. The van der Waals surface area contributed by atoms with Crippen LogP contribution in [0, 0.1) is 20.8 Å². The summed E-state index contributed by atoms with van der Waals surface area (Å²) < 4.78 is 27.1. The van der Waals surface area contributed by atoms with Crippen LogP contribution in [0.1, 0.15) is 37.5 Å². The van der Waals surface area contributed by atoms with Crippen molar-refractivity contribution < 1.29 is 8.42 Å². The smallest absolute Gasteiger partial charge is 0.207 e. The zero-order chi connectivity index (χ0) is 13.4. The molecule has 0 atom stereocenters. The molecule has 0 aromatic heterocycles. The first-order valence-electron chi connectivity index (χ1n) is 5.65. The lowest BCUT2D eigenvalue weighted by Crippen LogP contribution is -2.40. The maximum atomic E-state index is 12.2. The molecule has 1 aromatic rings. The van der Waals surface area contributed by atoms with E-state index in [0.29, 0.717) is 4.90 Å². The standard InChI is InChI=1S/C13H21NO2S/c1-9-7-11(3)12(8-10(9)2)17(15,16)14-13(4,5)6/h7-8,14H,1-6H3. The molecule has 0 unspecified atom stereocenters. The Morgan fingerprint density at radius 3 is 1.88 bits per heavy atom. The third kappa shape index (κ3) is 3.54. The van der Waals surface area contributed by atoms with Crippen molar-refractivity contribution >= 4 is 10.0 Å². The number of hydrogen-bond acceptors (Lipinski definition) is 2. The van der Waals surface area contributed by atoms with Crippen LogP contribution in [0.4, 0.5) is 0 Å². The van der Waals surface area contributed by atoms with Crippen LogP contribution in [0.3, 0.4) is 0 Å². The molecule has 0 saturated heterocycles. The predicted molar refractivity (Wildman–Crippen MR) is 70.7 cm³/mol. The summed E-state index contributed by atoms with van der Waals surface area (Å²) in [6.07, 6.45) is 0. The van der Waals surface area contributed by atoms with Crippen LogP contribution in [0.5, 0.6) is 0 Å². The first kappa shape index (κ1) is 14.2. The van der Waals surface area contributed by atoms with Gasteiger partial charge in [0.05, 0.1) is 4.90 Å². The molecule has 1 N–H and O–H groups in total. The highest BCUT2D eigenvalue weighted by atomic mass is 32.2. The molecule has 0 amide bonds. The fourth-order valence-corrected chi connectivity index (χ4v) is 3.41. The molecule has 3 nitrogen and oxygen atoms in total.